The average Bonchev–Trinajstić information content (AvgIpc) is 2.53. The maximum Gasteiger partial charge on any atom is 0.403 e. The predicted molar refractivity (Wildman–Crippen MR) is 53.4 cm³/mol. The Balaban J connectivity index is 2.71. The van der Waals surface area contributed by atoms with Crippen molar-refractivity contribution in [3.05, 3.63) is 0 Å². The molecule has 0 aliphatic carbocycles. The molecule has 0 bridgehead atoms. The summed E-state index contributed by atoms with van der Waals surface area (Å²) in [5.74, 6) is -4.17. The Morgan fingerprint density at radius 2 is 2.12 bits per heavy atom. The molecule has 4 nitrogen and oxygen atoms in total. The Kier molecular flexibility index (Phi) is 4.37. The Morgan fingerprint density at radius 3 is 2.53 bits per heavy atom. The molecule has 7 heteroatoms. The highest BCUT2D eigenvalue weighted by Gasteiger charge is 2.47. The summed E-state index contributed by atoms with van der Waals surface area (Å²) in [5.41, 5.74) is 0. The Labute approximate surface area is 97.0 Å². The maximum atomic E-state index is 12.5. The van der Waals surface area contributed by atoms with Crippen molar-refractivity contribution >= 4 is 5.97 Å². The second-order valence-corrected chi connectivity index (χ2v) is 4.44. The van der Waals surface area contributed by atoms with Gasteiger partial charge in [0.15, 0.2) is 5.92 Å². The first-order valence-electron chi connectivity index (χ1n) is 5.41. The van der Waals surface area contributed by atoms with Crippen LogP contribution in [0, 0.1) is 11.8 Å². The van der Waals surface area contributed by atoms with Crippen LogP contribution in [-0.2, 0) is 4.79 Å². The first-order chi connectivity index (χ1) is 7.77. The molecule has 1 rings (SSSR count). The van der Waals surface area contributed by atoms with Crippen molar-refractivity contribution in [3.8, 4) is 0 Å². The minimum Gasteiger partial charge on any atom is -0.481 e. The summed E-state index contributed by atoms with van der Waals surface area (Å²) in [5, 5.41) is 17.7. The molecular formula is C10H16F3NO3. The zero-order valence-electron chi connectivity index (χ0n) is 9.44. The van der Waals surface area contributed by atoms with Crippen molar-refractivity contribution in [1.29, 1.82) is 0 Å². The van der Waals surface area contributed by atoms with Crippen molar-refractivity contribution in [3.63, 3.8) is 0 Å². The summed E-state index contributed by atoms with van der Waals surface area (Å²) in [7, 11) is 0. The number of aliphatic hydroxyl groups is 1. The molecule has 1 aliphatic heterocycles. The van der Waals surface area contributed by atoms with Crippen LogP contribution >= 0.6 is 0 Å². The lowest BCUT2D eigenvalue weighted by atomic mass is 10.0. The van der Waals surface area contributed by atoms with Crippen LogP contribution in [0.25, 0.3) is 0 Å². The van der Waals surface area contributed by atoms with Crippen LogP contribution in [0.4, 0.5) is 13.2 Å². The molecule has 1 fully saturated rings. The number of hydrogen-bond acceptors (Lipinski definition) is 3. The molecule has 1 aliphatic rings. The quantitative estimate of drug-likeness (QED) is 0.785. The fourth-order valence-electron chi connectivity index (χ4n) is 2.17. The number of likely N-dealkylation sites (tertiary alicyclic amines) is 1. The minimum absolute atomic E-state index is 0.0858. The third kappa shape index (κ3) is 3.32. The van der Waals surface area contributed by atoms with Crippen molar-refractivity contribution < 1.29 is 28.2 Å². The van der Waals surface area contributed by atoms with E-state index in [1.807, 2.05) is 6.92 Å². The first-order valence-corrected chi connectivity index (χ1v) is 5.41. The molecule has 3 atom stereocenters. The van der Waals surface area contributed by atoms with Gasteiger partial charge in [-0.25, -0.2) is 0 Å². The van der Waals surface area contributed by atoms with E-state index in [0.717, 1.165) is 0 Å². The number of aliphatic hydroxyl groups excluding tert-OH is 1. The van der Waals surface area contributed by atoms with Gasteiger partial charge < -0.3 is 10.2 Å². The van der Waals surface area contributed by atoms with E-state index in [2.05, 4.69) is 0 Å². The van der Waals surface area contributed by atoms with E-state index >= 15 is 0 Å². The van der Waals surface area contributed by atoms with E-state index in [1.165, 1.54) is 4.90 Å². The summed E-state index contributed by atoms with van der Waals surface area (Å²) < 4.78 is 37.4. The molecular weight excluding hydrogens is 239 g/mol. The van der Waals surface area contributed by atoms with E-state index in [4.69, 9.17) is 10.2 Å². The van der Waals surface area contributed by atoms with Crippen LogP contribution in [-0.4, -0.2) is 53.0 Å². The predicted octanol–water partition coefficient (Wildman–Crippen LogP) is 0.952. The zero-order chi connectivity index (χ0) is 13.2. The van der Waals surface area contributed by atoms with Gasteiger partial charge in [0.1, 0.15) is 0 Å². The van der Waals surface area contributed by atoms with Crippen LogP contribution in [0.2, 0.25) is 0 Å². The lowest BCUT2D eigenvalue weighted by molar-refractivity contribution is -0.197. The van der Waals surface area contributed by atoms with Crippen LogP contribution < -0.4 is 0 Å². The summed E-state index contributed by atoms with van der Waals surface area (Å²) in [6.45, 7) is 1.40. The maximum absolute atomic E-state index is 12.5. The van der Waals surface area contributed by atoms with E-state index in [-0.39, 0.29) is 18.6 Å². The molecule has 2 N–H and O–H groups in total. The van der Waals surface area contributed by atoms with Gasteiger partial charge in [-0.1, -0.05) is 6.92 Å². The van der Waals surface area contributed by atoms with Gasteiger partial charge >= 0.3 is 12.1 Å². The van der Waals surface area contributed by atoms with Crippen LogP contribution in [0.15, 0.2) is 0 Å². The second-order valence-electron chi connectivity index (χ2n) is 4.44. The molecule has 0 aromatic carbocycles. The second kappa shape index (κ2) is 5.22. The van der Waals surface area contributed by atoms with Gasteiger partial charge in [-0.3, -0.25) is 9.69 Å². The normalized spacial score (nSPS) is 28.3. The minimum atomic E-state index is -4.75. The standard InChI is InChI=1S/C10H16F3NO3/c1-6-2-3-14(8(6)5-15)4-7(9(16)17)10(11,12)13/h6-8,15H,2-5H2,1H3,(H,16,17). The molecule has 3 unspecified atom stereocenters. The molecule has 0 aromatic rings. The SMILES string of the molecule is CC1CCN(CC(C(=O)O)C(F)(F)F)C1CO. The number of alkyl halides is 3. The smallest absolute Gasteiger partial charge is 0.403 e. The van der Waals surface area contributed by atoms with Crippen molar-refractivity contribution in [1.82, 2.24) is 4.90 Å². The Bertz CT molecular complexity index is 282. The number of rotatable bonds is 4. The lowest BCUT2D eigenvalue weighted by Crippen LogP contribution is -2.45. The third-order valence-electron chi connectivity index (χ3n) is 3.29. The zero-order valence-corrected chi connectivity index (χ0v) is 9.44. The molecule has 0 aromatic heterocycles. The van der Waals surface area contributed by atoms with Crippen molar-refractivity contribution in [2.75, 3.05) is 19.7 Å². The highest BCUT2D eigenvalue weighted by Crippen LogP contribution is 2.31. The molecule has 0 radical (unpaired) electrons. The Morgan fingerprint density at radius 1 is 1.53 bits per heavy atom. The number of carboxylic acids is 1. The summed E-state index contributed by atoms with van der Waals surface area (Å²) >= 11 is 0. The van der Waals surface area contributed by atoms with Gasteiger partial charge in [-0.15, -0.1) is 0 Å². The molecule has 0 spiro atoms. The Hall–Kier alpha value is -0.820. The lowest BCUT2D eigenvalue weighted by Gasteiger charge is -2.28. The van der Waals surface area contributed by atoms with Gasteiger partial charge in [0.25, 0.3) is 0 Å². The highest BCUT2D eigenvalue weighted by molar-refractivity contribution is 5.71. The number of carbonyl (C=O) groups is 1. The van der Waals surface area contributed by atoms with E-state index in [0.29, 0.717) is 13.0 Å². The number of halogens is 3. The van der Waals surface area contributed by atoms with E-state index in [1.54, 1.807) is 0 Å². The summed E-state index contributed by atoms with van der Waals surface area (Å²) in [6.07, 6.45) is -4.08. The highest BCUT2D eigenvalue weighted by atomic mass is 19.4. The fourth-order valence-corrected chi connectivity index (χ4v) is 2.17. The fraction of sp³-hybridized carbons (Fsp3) is 0.900. The third-order valence-corrected chi connectivity index (χ3v) is 3.29. The van der Waals surface area contributed by atoms with E-state index < -0.39 is 24.6 Å². The average molecular weight is 255 g/mol. The van der Waals surface area contributed by atoms with Crippen molar-refractivity contribution in [2.24, 2.45) is 11.8 Å². The monoisotopic (exact) mass is 255 g/mol. The van der Waals surface area contributed by atoms with Crippen LogP contribution in [0.5, 0.6) is 0 Å². The molecule has 100 valence electrons. The molecule has 17 heavy (non-hydrogen) atoms. The van der Waals surface area contributed by atoms with Crippen LogP contribution in [0.3, 0.4) is 0 Å². The van der Waals surface area contributed by atoms with Gasteiger partial charge in [0, 0.05) is 12.6 Å². The number of hydrogen-bond donors (Lipinski definition) is 2. The molecule has 1 heterocycles. The first kappa shape index (κ1) is 14.2. The summed E-state index contributed by atoms with van der Waals surface area (Å²) in [4.78, 5) is 12.0. The van der Waals surface area contributed by atoms with Gasteiger partial charge in [-0.05, 0) is 18.9 Å². The molecule has 0 saturated carbocycles. The number of carboxylic acid groups (broad SMARTS) is 1. The molecule has 1 saturated heterocycles. The number of nitrogens with zero attached hydrogens (tertiary/aromatic N) is 1. The summed E-state index contributed by atoms with van der Waals surface area (Å²) in [6, 6.07) is -0.376. The van der Waals surface area contributed by atoms with E-state index in [9.17, 15) is 18.0 Å². The van der Waals surface area contributed by atoms with Gasteiger partial charge in [-0.2, -0.15) is 13.2 Å². The topological polar surface area (TPSA) is 60.8 Å². The number of aliphatic carboxylic acids is 1. The van der Waals surface area contributed by atoms with Crippen molar-refractivity contribution in [2.45, 2.75) is 25.6 Å². The largest absolute Gasteiger partial charge is 0.481 e. The van der Waals surface area contributed by atoms with Gasteiger partial charge in [0.05, 0.1) is 6.61 Å². The van der Waals surface area contributed by atoms with Crippen LogP contribution in [0.1, 0.15) is 13.3 Å². The van der Waals surface area contributed by atoms with Gasteiger partial charge in [0.2, 0.25) is 0 Å². The molecule has 0 amide bonds.